The van der Waals surface area contributed by atoms with Crippen LogP contribution in [0.25, 0.3) is 0 Å². The van der Waals surface area contributed by atoms with Crippen LogP contribution in [0.2, 0.25) is 0 Å². The maximum absolute atomic E-state index is 12.5. The maximum atomic E-state index is 12.5. The van der Waals surface area contributed by atoms with Gasteiger partial charge in [0.1, 0.15) is 0 Å². The van der Waals surface area contributed by atoms with Crippen molar-refractivity contribution in [2.75, 3.05) is 19.6 Å². The fourth-order valence-corrected chi connectivity index (χ4v) is 2.80. The molecular weight excluding hydrogens is 301 g/mol. The second-order valence-electron chi connectivity index (χ2n) is 5.53. The highest BCUT2D eigenvalue weighted by Crippen LogP contribution is 2.31. The zero-order chi connectivity index (χ0) is 14.8. The third kappa shape index (κ3) is 4.59. The molecule has 0 amide bonds. The minimum atomic E-state index is -4.27. The molecule has 0 spiro atoms. The lowest BCUT2D eigenvalue weighted by Crippen LogP contribution is -2.39. The average Bonchev–Trinajstić information content (AvgIpc) is 2.46. The molecule has 1 fully saturated rings. The molecule has 1 aromatic carbocycles. The number of alkyl halides is 3. The lowest BCUT2D eigenvalue weighted by molar-refractivity contribution is -0.137. The Morgan fingerprint density at radius 2 is 1.90 bits per heavy atom. The molecular formula is C15H22ClF3N2. The van der Waals surface area contributed by atoms with E-state index < -0.39 is 11.7 Å². The van der Waals surface area contributed by atoms with Crippen LogP contribution in [-0.4, -0.2) is 24.5 Å². The van der Waals surface area contributed by atoms with Crippen molar-refractivity contribution >= 4 is 12.4 Å². The first-order valence-corrected chi connectivity index (χ1v) is 7.03. The molecule has 2 rings (SSSR count). The van der Waals surface area contributed by atoms with Crippen molar-refractivity contribution < 1.29 is 13.2 Å². The molecule has 1 heterocycles. The van der Waals surface area contributed by atoms with Gasteiger partial charge >= 0.3 is 6.18 Å². The smallest absolute Gasteiger partial charge is 0.330 e. The van der Waals surface area contributed by atoms with Crippen molar-refractivity contribution in [2.24, 2.45) is 11.7 Å². The van der Waals surface area contributed by atoms with E-state index in [-0.39, 0.29) is 18.4 Å². The Balaban J connectivity index is 0.00000220. The van der Waals surface area contributed by atoms with Gasteiger partial charge in [0.05, 0.1) is 5.56 Å². The Morgan fingerprint density at radius 3 is 2.43 bits per heavy atom. The second kappa shape index (κ2) is 7.47. The van der Waals surface area contributed by atoms with E-state index in [0.29, 0.717) is 12.5 Å². The van der Waals surface area contributed by atoms with E-state index in [9.17, 15) is 13.2 Å². The molecule has 1 aliphatic heterocycles. The Labute approximate surface area is 129 Å². The van der Waals surface area contributed by atoms with Crippen molar-refractivity contribution in [1.82, 2.24) is 4.90 Å². The van der Waals surface area contributed by atoms with Gasteiger partial charge in [0.2, 0.25) is 0 Å². The molecule has 2 N–H and O–H groups in total. The summed E-state index contributed by atoms with van der Waals surface area (Å²) < 4.78 is 37.6. The van der Waals surface area contributed by atoms with Crippen LogP contribution in [0.5, 0.6) is 0 Å². The highest BCUT2D eigenvalue weighted by molar-refractivity contribution is 5.85. The zero-order valence-corrected chi connectivity index (χ0v) is 12.9. The van der Waals surface area contributed by atoms with E-state index in [2.05, 4.69) is 4.90 Å². The van der Waals surface area contributed by atoms with Crippen LogP contribution in [0.3, 0.4) is 0 Å². The van der Waals surface area contributed by atoms with Crippen LogP contribution in [0.1, 0.15) is 36.9 Å². The van der Waals surface area contributed by atoms with Gasteiger partial charge in [-0.25, -0.2) is 0 Å². The highest BCUT2D eigenvalue weighted by Gasteiger charge is 2.30. The summed E-state index contributed by atoms with van der Waals surface area (Å²) in [5.74, 6) is 0.501. The molecule has 0 aromatic heterocycles. The molecule has 2 atom stereocenters. The lowest BCUT2D eigenvalue weighted by atomic mass is 9.95. The van der Waals surface area contributed by atoms with Gasteiger partial charge in [0.25, 0.3) is 0 Å². The molecule has 0 radical (unpaired) electrons. The van der Waals surface area contributed by atoms with Gasteiger partial charge in [-0.1, -0.05) is 12.1 Å². The molecule has 2 nitrogen and oxygen atoms in total. The minimum Gasteiger partial charge on any atom is -0.330 e. The summed E-state index contributed by atoms with van der Waals surface area (Å²) in [6, 6.07) is 5.62. The molecule has 2 unspecified atom stereocenters. The maximum Gasteiger partial charge on any atom is 0.416 e. The standard InChI is InChI=1S/C15H21F3N2.ClH/c1-11(20-8-2-3-12(9-19)10-20)13-4-6-14(7-5-13)15(16,17)18;/h4-7,11-12H,2-3,8-10,19H2,1H3;1H. The zero-order valence-electron chi connectivity index (χ0n) is 12.1. The van der Waals surface area contributed by atoms with Crippen LogP contribution < -0.4 is 5.73 Å². The first kappa shape index (κ1) is 18.3. The fourth-order valence-electron chi connectivity index (χ4n) is 2.80. The van der Waals surface area contributed by atoms with Gasteiger partial charge in [-0.3, -0.25) is 4.90 Å². The summed E-state index contributed by atoms with van der Waals surface area (Å²) in [7, 11) is 0. The average molecular weight is 323 g/mol. The molecule has 1 aliphatic rings. The topological polar surface area (TPSA) is 29.3 Å². The van der Waals surface area contributed by atoms with Crippen LogP contribution in [0.15, 0.2) is 24.3 Å². The predicted molar refractivity (Wildman–Crippen MR) is 80.5 cm³/mol. The van der Waals surface area contributed by atoms with Gasteiger partial charge in [-0.2, -0.15) is 13.2 Å². The quantitative estimate of drug-likeness (QED) is 0.915. The fraction of sp³-hybridized carbons (Fsp3) is 0.600. The van der Waals surface area contributed by atoms with Crippen LogP contribution >= 0.6 is 12.4 Å². The molecule has 0 aliphatic carbocycles. The number of nitrogens with zero attached hydrogens (tertiary/aromatic N) is 1. The number of piperidine rings is 1. The van der Waals surface area contributed by atoms with Crippen LogP contribution in [-0.2, 0) is 6.18 Å². The summed E-state index contributed by atoms with van der Waals surface area (Å²) in [6.07, 6.45) is -2.02. The summed E-state index contributed by atoms with van der Waals surface area (Å²) in [6.45, 7) is 4.63. The van der Waals surface area contributed by atoms with Crippen molar-refractivity contribution in [3.63, 3.8) is 0 Å². The van der Waals surface area contributed by atoms with Gasteiger partial charge in [0, 0.05) is 12.6 Å². The van der Waals surface area contributed by atoms with E-state index in [1.165, 1.54) is 0 Å². The number of rotatable bonds is 3. The third-order valence-electron chi connectivity index (χ3n) is 4.15. The number of likely N-dealkylation sites (tertiary alicyclic amines) is 1. The van der Waals surface area contributed by atoms with Gasteiger partial charge in [-0.05, 0) is 56.5 Å². The summed E-state index contributed by atoms with van der Waals surface area (Å²) >= 11 is 0. The second-order valence-corrected chi connectivity index (χ2v) is 5.53. The molecule has 120 valence electrons. The van der Waals surface area contributed by atoms with E-state index >= 15 is 0 Å². The number of hydrogen-bond donors (Lipinski definition) is 1. The van der Waals surface area contributed by atoms with Crippen molar-refractivity contribution in [1.29, 1.82) is 0 Å². The first-order chi connectivity index (χ1) is 9.41. The van der Waals surface area contributed by atoms with Crippen molar-refractivity contribution in [3.8, 4) is 0 Å². The SMILES string of the molecule is CC(c1ccc(C(F)(F)F)cc1)N1CCCC(CN)C1.Cl. The molecule has 1 saturated heterocycles. The van der Waals surface area contributed by atoms with Gasteiger partial charge in [0.15, 0.2) is 0 Å². The van der Waals surface area contributed by atoms with E-state index in [4.69, 9.17) is 5.73 Å². The molecule has 0 saturated carbocycles. The van der Waals surface area contributed by atoms with Gasteiger partial charge in [-0.15, -0.1) is 12.4 Å². The lowest BCUT2D eigenvalue weighted by Gasteiger charge is -2.36. The van der Waals surface area contributed by atoms with E-state index in [1.807, 2.05) is 6.92 Å². The number of halogens is 4. The summed E-state index contributed by atoms with van der Waals surface area (Å²) in [4.78, 5) is 2.31. The Kier molecular flexibility index (Phi) is 6.50. The Morgan fingerprint density at radius 1 is 1.29 bits per heavy atom. The number of benzene rings is 1. The molecule has 6 heteroatoms. The van der Waals surface area contributed by atoms with E-state index in [0.717, 1.165) is 43.6 Å². The van der Waals surface area contributed by atoms with Crippen molar-refractivity contribution in [3.05, 3.63) is 35.4 Å². The summed E-state index contributed by atoms with van der Waals surface area (Å²) in [5.41, 5.74) is 6.06. The predicted octanol–water partition coefficient (Wildman–Crippen LogP) is 3.86. The molecule has 21 heavy (non-hydrogen) atoms. The first-order valence-electron chi connectivity index (χ1n) is 7.03. The summed E-state index contributed by atoms with van der Waals surface area (Å²) in [5, 5.41) is 0. The number of hydrogen-bond acceptors (Lipinski definition) is 2. The number of nitrogens with two attached hydrogens (primary N) is 1. The third-order valence-corrected chi connectivity index (χ3v) is 4.15. The van der Waals surface area contributed by atoms with Crippen molar-refractivity contribution in [2.45, 2.75) is 32.0 Å². The Hall–Kier alpha value is -0.780. The minimum absolute atomic E-state index is 0. The Bertz CT molecular complexity index is 434. The highest BCUT2D eigenvalue weighted by atomic mass is 35.5. The molecule has 1 aromatic rings. The molecule has 0 bridgehead atoms. The monoisotopic (exact) mass is 322 g/mol. The normalized spacial score (nSPS) is 21.7. The van der Waals surface area contributed by atoms with E-state index in [1.54, 1.807) is 12.1 Å². The van der Waals surface area contributed by atoms with Crippen LogP contribution in [0.4, 0.5) is 13.2 Å². The van der Waals surface area contributed by atoms with Crippen LogP contribution in [0, 0.1) is 5.92 Å². The van der Waals surface area contributed by atoms with Gasteiger partial charge < -0.3 is 5.73 Å². The largest absolute Gasteiger partial charge is 0.416 e.